The molecule has 1 aliphatic heterocycles. The summed E-state index contributed by atoms with van der Waals surface area (Å²) in [5.74, 6) is -2.96. The second-order valence-electron chi connectivity index (χ2n) is 4.68. The summed E-state index contributed by atoms with van der Waals surface area (Å²) in [6, 6.07) is 5.69. The van der Waals surface area contributed by atoms with Crippen molar-refractivity contribution in [1.82, 2.24) is 0 Å². The lowest BCUT2D eigenvalue weighted by molar-refractivity contribution is -0.138. The van der Waals surface area contributed by atoms with Crippen LogP contribution in [0.25, 0.3) is 0 Å². The van der Waals surface area contributed by atoms with Crippen molar-refractivity contribution in [2.45, 2.75) is 18.4 Å². The third-order valence-electron chi connectivity index (χ3n) is 3.27. The van der Waals surface area contributed by atoms with Crippen molar-refractivity contribution >= 4 is 23.5 Å². The number of nitrogens with two attached hydrogens (primary N) is 2. The molecule has 2 amide bonds. The molecule has 0 spiro atoms. The number of carboxylic acid groups (broad SMARTS) is 1. The number of hydrogen-bond donors (Lipinski definition) is 3. The third kappa shape index (κ3) is 2.48. The predicted octanol–water partition coefficient (Wildman–Crippen LogP) is -0.596. The number of para-hydroxylation sites is 1. The predicted molar refractivity (Wildman–Crippen MR) is 71.0 cm³/mol. The van der Waals surface area contributed by atoms with E-state index in [9.17, 15) is 19.5 Å². The van der Waals surface area contributed by atoms with Crippen LogP contribution in [0.2, 0.25) is 0 Å². The molecule has 0 radical (unpaired) electrons. The van der Waals surface area contributed by atoms with E-state index in [2.05, 4.69) is 0 Å². The van der Waals surface area contributed by atoms with Gasteiger partial charge in [0.2, 0.25) is 11.8 Å². The number of carbonyl (C=O) groups is 3. The molecule has 0 bridgehead atoms. The summed E-state index contributed by atoms with van der Waals surface area (Å²) < 4.78 is 0. The Morgan fingerprint density at radius 3 is 2.60 bits per heavy atom. The number of carboxylic acids is 1. The van der Waals surface area contributed by atoms with Crippen molar-refractivity contribution < 1.29 is 19.5 Å². The Hall–Kier alpha value is -2.41. The molecule has 2 unspecified atom stereocenters. The van der Waals surface area contributed by atoms with Crippen LogP contribution in [0.3, 0.4) is 0 Å². The van der Waals surface area contributed by atoms with Gasteiger partial charge in [0.1, 0.15) is 5.92 Å². The monoisotopic (exact) mass is 277 g/mol. The smallest absolute Gasteiger partial charge is 0.312 e. The van der Waals surface area contributed by atoms with Crippen LogP contribution >= 0.6 is 0 Å². The van der Waals surface area contributed by atoms with Gasteiger partial charge in [0.25, 0.3) is 0 Å². The van der Waals surface area contributed by atoms with Crippen LogP contribution in [0, 0.1) is 0 Å². The maximum absolute atomic E-state index is 12.2. The molecule has 0 aromatic heterocycles. The molecular weight excluding hydrogens is 262 g/mol. The summed E-state index contributed by atoms with van der Waals surface area (Å²) in [6.07, 6.45) is -0.269. The van der Waals surface area contributed by atoms with Crippen LogP contribution in [0.15, 0.2) is 24.3 Å². The maximum Gasteiger partial charge on any atom is 0.312 e. The number of hydrogen-bond acceptors (Lipinski definition) is 4. The van der Waals surface area contributed by atoms with Crippen molar-refractivity contribution in [3.8, 4) is 0 Å². The van der Waals surface area contributed by atoms with E-state index in [0.29, 0.717) is 11.3 Å². The molecule has 20 heavy (non-hydrogen) atoms. The summed E-state index contributed by atoms with van der Waals surface area (Å²) in [5.41, 5.74) is 11.7. The summed E-state index contributed by atoms with van der Waals surface area (Å²) in [6.45, 7) is 0.0139. The van der Waals surface area contributed by atoms with Crippen LogP contribution in [0.1, 0.15) is 17.9 Å². The molecule has 5 N–H and O–H groups in total. The zero-order valence-electron chi connectivity index (χ0n) is 10.7. The highest BCUT2D eigenvalue weighted by molar-refractivity contribution is 6.03. The van der Waals surface area contributed by atoms with Crippen molar-refractivity contribution in [1.29, 1.82) is 0 Å². The molecule has 1 aliphatic rings. The van der Waals surface area contributed by atoms with Gasteiger partial charge >= 0.3 is 5.97 Å². The second-order valence-corrected chi connectivity index (χ2v) is 4.68. The highest BCUT2D eigenvalue weighted by Crippen LogP contribution is 2.36. The number of benzene rings is 1. The van der Waals surface area contributed by atoms with Gasteiger partial charge in [0, 0.05) is 12.2 Å². The van der Waals surface area contributed by atoms with E-state index in [1.165, 1.54) is 4.90 Å². The zero-order chi connectivity index (χ0) is 14.9. The van der Waals surface area contributed by atoms with Gasteiger partial charge in [-0.15, -0.1) is 0 Å². The average Bonchev–Trinajstić information content (AvgIpc) is 2.76. The minimum atomic E-state index is -1.06. The molecule has 0 saturated heterocycles. The standard InChI is InChI=1S/C13H15N3O4/c14-9(5-11(15)17)12(18)16-6-8(13(19)20)7-3-1-2-4-10(7)16/h1-4,8-9H,5-6,14H2,(H2,15,17)(H,19,20). The highest BCUT2D eigenvalue weighted by atomic mass is 16.4. The van der Waals surface area contributed by atoms with E-state index in [1.54, 1.807) is 24.3 Å². The lowest BCUT2D eigenvalue weighted by atomic mass is 10.0. The van der Waals surface area contributed by atoms with Gasteiger partial charge in [-0.05, 0) is 11.6 Å². The number of fused-ring (bicyclic) bond motifs is 1. The number of carbonyl (C=O) groups excluding carboxylic acids is 2. The van der Waals surface area contributed by atoms with E-state index < -0.39 is 29.7 Å². The van der Waals surface area contributed by atoms with Gasteiger partial charge in [-0.25, -0.2) is 0 Å². The number of amides is 2. The minimum absolute atomic E-state index is 0.0139. The van der Waals surface area contributed by atoms with Crippen LogP contribution in [-0.2, 0) is 14.4 Å². The molecule has 106 valence electrons. The van der Waals surface area contributed by atoms with Gasteiger partial charge in [-0.1, -0.05) is 18.2 Å². The Balaban J connectivity index is 2.29. The fraction of sp³-hybridized carbons (Fsp3) is 0.308. The van der Waals surface area contributed by atoms with Crippen LogP contribution in [0.4, 0.5) is 5.69 Å². The first-order valence-electron chi connectivity index (χ1n) is 6.08. The van der Waals surface area contributed by atoms with E-state index in [-0.39, 0.29) is 13.0 Å². The van der Waals surface area contributed by atoms with Crippen molar-refractivity contribution in [2.24, 2.45) is 11.5 Å². The van der Waals surface area contributed by atoms with E-state index in [0.717, 1.165) is 0 Å². The normalized spacial score (nSPS) is 18.4. The Morgan fingerprint density at radius 1 is 1.35 bits per heavy atom. The zero-order valence-corrected chi connectivity index (χ0v) is 10.7. The van der Waals surface area contributed by atoms with Gasteiger partial charge in [-0.2, -0.15) is 0 Å². The van der Waals surface area contributed by atoms with Gasteiger partial charge in [0.15, 0.2) is 0 Å². The van der Waals surface area contributed by atoms with Gasteiger partial charge in [-0.3, -0.25) is 14.4 Å². The van der Waals surface area contributed by atoms with E-state index >= 15 is 0 Å². The first-order valence-corrected chi connectivity index (χ1v) is 6.08. The van der Waals surface area contributed by atoms with Crippen molar-refractivity contribution in [2.75, 3.05) is 11.4 Å². The molecule has 0 aliphatic carbocycles. The topological polar surface area (TPSA) is 127 Å². The van der Waals surface area contributed by atoms with Gasteiger partial charge in [0.05, 0.1) is 12.5 Å². The number of rotatable bonds is 4. The molecule has 2 atom stereocenters. The van der Waals surface area contributed by atoms with Crippen molar-refractivity contribution in [3.63, 3.8) is 0 Å². The average molecular weight is 277 g/mol. The fourth-order valence-electron chi connectivity index (χ4n) is 2.33. The number of aliphatic carboxylic acids is 1. The summed E-state index contributed by atoms with van der Waals surface area (Å²) in [7, 11) is 0. The summed E-state index contributed by atoms with van der Waals surface area (Å²) in [4.78, 5) is 35.6. The SMILES string of the molecule is NC(=O)CC(N)C(=O)N1CC(C(=O)O)c2ccccc21. The minimum Gasteiger partial charge on any atom is -0.481 e. The Kier molecular flexibility index (Phi) is 3.71. The Bertz CT molecular complexity index is 572. The Labute approximate surface area is 115 Å². The van der Waals surface area contributed by atoms with Crippen LogP contribution in [-0.4, -0.2) is 35.5 Å². The lowest BCUT2D eigenvalue weighted by Gasteiger charge is -2.21. The molecule has 7 heteroatoms. The van der Waals surface area contributed by atoms with E-state index in [1.807, 2.05) is 0 Å². The molecule has 0 saturated carbocycles. The largest absolute Gasteiger partial charge is 0.481 e. The molecule has 1 aromatic carbocycles. The summed E-state index contributed by atoms with van der Waals surface area (Å²) in [5, 5.41) is 9.20. The van der Waals surface area contributed by atoms with Crippen molar-refractivity contribution in [3.05, 3.63) is 29.8 Å². The van der Waals surface area contributed by atoms with Crippen LogP contribution in [0.5, 0.6) is 0 Å². The molecule has 7 nitrogen and oxygen atoms in total. The summed E-state index contributed by atoms with van der Waals surface area (Å²) >= 11 is 0. The first kappa shape index (κ1) is 14.0. The first-order chi connectivity index (χ1) is 9.41. The third-order valence-corrected chi connectivity index (χ3v) is 3.27. The highest BCUT2D eigenvalue weighted by Gasteiger charge is 2.37. The number of nitrogens with zero attached hydrogens (tertiary/aromatic N) is 1. The number of primary amides is 1. The fourth-order valence-corrected chi connectivity index (χ4v) is 2.33. The Morgan fingerprint density at radius 2 is 2.00 bits per heavy atom. The molecule has 1 heterocycles. The molecular formula is C13H15N3O4. The second kappa shape index (κ2) is 5.30. The number of anilines is 1. The van der Waals surface area contributed by atoms with E-state index in [4.69, 9.17) is 11.5 Å². The lowest BCUT2D eigenvalue weighted by Crippen LogP contribution is -2.45. The molecule has 1 aromatic rings. The van der Waals surface area contributed by atoms with Gasteiger partial charge < -0.3 is 21.5 Å². The molecule has 0 fully saturated rings. The molecule has 2 rings (SSSR count). The quantitative estimate of drug-likeness (QED) is 0.677. The maximum atomic E-state index is 12.2. The van der Waals surface area contributed by atoms with Crippen LogP contribution < -0.4 is 16.4 Å².